The highest BCUT2D eigenvalue weighted by molar-refractivity contribution is 6.12. The van der Waals surface area contributed by atoms with Crippen LogP contribution in [0.25, 0.3) is 66.1 Å². The lowest BCUT2D eigenvalue weighted by atomic mass is 9.82. The highest BCUT2D eigenvalue weighted by Crippen LogP contribution is 2.51. The number of nitriles is 1. The van der Waals surface area contributed by atoms with Crippen molar-refractivity contribution in [1.82, 2.24) is 9.13 Å². The van der Waals surface area contributed by atoms with Crippen molar-refractivity contribution in [2.75, 3.05) is 0 Å². The average molecular weight is 550 g/mol. The summed E-state index contributed by atoms with van der Waals surface area (Å²) in [4.78, 5) is 0. The molecular weight excluding hydrogens is 522 g/mol. The molecule has 1 aliphatic carbocycles. The van der Waals surface area contributed by atoms with Gasteiger partial charge in [-0.2, -0.15) is 5.26 Å². The first kappa shape index (κ1) is 24.1. The van der Waals surface area contributed by atoms with E-state index in [1.54, 1.807) is 0 Å². The van der Waals surface area contributed by atoms with Gasteiger partial charge in [0.1, 0.15) is 0 Å². The van der Waals surface area contributed by atoms with Gasteiger partial charge in [-0.25, -0.2) is 0 Å². The largest absolute Gasteiger partial charge is 0.309 e. The molecule has 1 aliphatic rings. The minimum atomic E-state index is -0.0504. The molecule has 0 spiro atoms. The predicted molar refractivity (Wildman–Crippen MR) is 177 cm³/mol. The van der Waals surface area contributed by atoms with Crippen LogP contribution in [0.2, 0.25) is 0 Å². The van der Waals surface area contributed by atoms with E-state index in [4.69, 9.17) is 0 Å². The fourth-order valence-electron chi connectivity index (χ4n) is 7.53. The van der Waals surface area contributed by atoms with E-state index < -0.39 is 0 Å². The van der Waals surface area contributed by atoms with Crippen molar-refractivity contribution in [1.29, 1.82) is 5.26 Å². The summed E-state index contributed by atoms with van der Waals surface area (Å²) in [5, 5.41) is 14.4. The topological polar surface area (TPSA) is 33.6 Å². The molecule has 43 heavy (non-hydrogen) atoms. The van der Waals surface area contributed by atoms with Crippen molar-refractivity contribution in [3.8, 4) is 28.6 Å². The van der Waals surface area contributed by atoms with Crippen LogP contribution in [0.3, 0.4) is 0 Å². The number of aromatic nitrogens is 2. The van der Waals surface area contributed by atoms with Crippen LogP contribution in [0.5, 0.6) is 0 Å². The number of nitrogens with zero attached hydrogens (tertiary/aromatic N) is 3. The molecule has 0 atom stereocenters. The van der Waals surface area contributed by atoms with Crippen molar-refractivity contribution in [3.05, 3.63) is 144 Å². The van der Waals surface area contributed by atoms with E-state index in [1.807, 2.05) is 12.1 Å². The van der Waals surface area contributed by atoms with Gasteiger partial charge in [0.05, 0.1) is 33.7 Å². The summed E-state index contributed by atoms with van der Waals surface area (Å²) in [5.74, 6) is 0. The molecule has 6 aromatic carbocycles. The second kappa shape index (κ2) is 8.47. The molecule has 0 amide bonds. The van der Waals surface area contributed by atoms with Crippen LogP contribution < -0.4 is 0 Å². The molecule has 8 aromatic rings. The Morgan fingerprint density at radius 3 is 1.81 bits per heavy atom. The Bertz CT molecular complexity index is 2500. The molecule has 202 valence electrons. The van der Waals surface area contributed by atoms with Crippen molar-refractivity contribution >= 4 is 43.6 Å². The smallest absolute Gasteiger partial charge is 0.0991 e. The summed E-state index contributed by atoms with van der Waals surface area (Å²) in [6.45, 7) is 4.69. The number of benzene rings is 6. The second-order valence-corrected chi connectivity index (χ2v) is 12.2. The van der Waals surface area contributed by atoms with Crippen LogP contribution in [0, 0.1) is 11.3 Å². The molecule has 0 bridgehead atoms. The molecule has 0 saturated carbocycles. The van der Waals surface area contributed by atoms with Crippen LogP contribution in [-0.4, -0.2) is 9.13 Å². The van der Waals surface area contributed by atoms with Gasteiger partial charge in [-0.1, -0.05) is 80.6 Å². The zero-order chi connectivity index (χ0) is 28.9. The zero-order valence-electron chi connectivity index (χ0n) is 24.0. The maximum absolute atomic E-state index is 9.59. The van der Waals surface area contributed by atoms with E-state index in [2.05, 4.69) is 144 Å². The van der Waals surface area contributed by atoms with E-state index in [0.717, 1.165) is 33.2 Å². The summed E-state index contributed by atoms with van der Waals surface area (Å²) in [7, 11) is 0. The highest BCUT2D eigenvalue weighted by Gasteiger charge is 2.36. The monoisotopic (exact) mass is 549 g/mol. The van der Waals surface area contributed by atoms with E-state index in [-0.39, 0.29) is 5.41 Å². The molecule has 0 unspecified atom stereocenters. The summed E-state index contributed by atoms with van der Waals surface area (Å²) in [6, 6.07) is 48.1. The third kappa shape index (κ3) is 3.18. The Balaban J connectivity index is 1.33. The molecule has 0 fully saturated rings. The normalized spacial score (nSPS) is 13.5. The van der Waals surface area contributed by atoms with Gasteiger partial charge in [0.2, 0.25) is 0 Å². The van der Waals surface area contributed by atoms with E-state index in [9.17, 15) is 5.26 Å². The Hall–Kier alpha value is -5.59. The zero-order valence-corrected chi connectivity index (χ0v) is 24.0. The van der Waals surface area contributed by atoms with Crippen LogP contribution in [0.15, 0.2) is 127 Å². The van der Waals surface area contributed by atoms with Gasteiger partial charge < -0.3 is 9.13 Å². The lowest BCUT2D eigenvalue weighted by Gasteiger charge is -2.21. The molecule has 0 radical (unpaired) electrons. The molecule has 0 saturated heterocycles. The van der Waals surface area contributed by atoms with Gasteiger partial charge in [0.15, 0.2) is 0 Å². The highest BCUT2D eigenvalue weighted by atomic mass is 15.0. The van der Waals surface area contributed by atoms with Crippen LogP contribution in [0.1, 0.15) is 30.5 Å². The van der Waals surface area contributed by atoms with Gasteiger partial charge in [-0.05, 0) is 82.9 Å². The lowest BCUT2D eigenvalue weighted by molar-refractivity contribution is 0.661. The summed E-state index contributed by atoms with van der Waals surface area (Å²) >= 11 is 0. The second-order valence-electron chi connectivity index (χ2n) is 12.2. The summed E-state index contributed by atoms with van der Waals surface area (Å²) in [6.07, 6.45) is 0. The Morgan fingerprint density at radius 1 is 0.488 bits per heavy atom. The molecule has 3 nitrogen and oxygen atoms in total. The SMILES string of the molecule is CC1(C)c2ccccc2-c2cc3c(cc21)c1ccccc1n3-c1cccc(-n2c3ccccc3c3cc(C#N)ccc32)c1. The standard InChI is InChI=1S/C40H27N3/c1-40(2)34-15-6-3-12-28(34)31-23-39-33(22-35(31)40)30-14-5-8-17-37(30)43(39)27-11-9-10-26(21-27)42-36-16-7-4-13-29(36)32-20-25(24-41)18-19-38(32)42/h3-23H,1-2H3. The minimum Gasteiger partial charge on any atom is -0.309 e. The Labute approximate surface area is 249 Å². The fourth-order valence-corrected chi connectivity index (χ4v) is 7.53. The number of rotatable bonds is 2. The molecule has 2 aromatic heterocycles. The van der Waals surface area contributed by atoms with Gasteiger partial charge >= 0.3 is 0 Å². The van der Waals surface area contributed by atoms with Crippen molar-refractivity contribution in [2.45, 2.75) is 19.3 Å². The minimum absolute atomic E-state index is 0.0504. The average Bonchev–Trinajstić information content (AvgIpc) is 3.63. The molecule has 3 heteroatoms. The molecule has 2 heterocycles. The van der Waals surface area contributed by atoms with Gasteiger partial charge in [0, 0.05) is 38.3 Å². The first-order valence-electron chi connectivity index (χ1n) is 14.8. The molecule has 0 aliphatic heterocycles. The number of fused-ring (bicyclic) bond motifs is 9. The summed E-state index contributed by atoms with van der Waals surface area (Å²) < 4.78 is 4.74. The van der Waals surface area contributed by atoms with E-state index in [1.165, 1.54) is 44.1 Å². The van der Waals surface area contributed by atoms with E-state index in [0.29, 0.717) is 5.56 Å². The maximum atomic E-state index is 9.59. The van der Waals surface area contributed by atoms with Crippen molar-refractivity contribution in [3.63, 3.8) is 0 Å². The summed E-state index contributed by atoms with van der Waals surface area (Å²) in [5.41, 5.74) is 12.9. The lowest BCUT2D eigenvalue weighted by Crippen LogP contribution is -2.14. The van der Waals surface area contributed by atoms with Crippen LogP contribution >= 0.6 is 0 Å². The van der Waals surface area contributed by atoms with Gasteiger partial charge in [0.25, 0.3) is 0 Å². The van der Waals surface area contributed by atoms with Gasteiger partial charge in [-0.15, -0.1) is 0 Å². The Kier molecular flexibility index (Phi) is 4.74. The van der Waals surface area contributed by atoms with Crippen molar-refractivity contribution in [2.24, 2.45) is 0 Å². The maximum Gasteiger partial charge on any atom is 0.0991 e. The third-order valence-corrected chi connectivity index (χ3v) is 9.52. The quantitative estimate of drug-likeness (QED) is 0.211. The molecular formula is C40H27N3. The Morgan fingerprint density at radius 2 is 1.09 bits per heavy atom. The van der Waals surface area contributed by atoms with Crippen molar-refractivity contribution < 1.29 is 0 Å². The predicted octanol–water partition coefficient (Wildman–Crippen LogP) is 10.1. The van der Waals surface area contributed by atoms with Crippen LogP contribution in [0.4, 0.5) is 0 Å². The number of hydrogen-bond acceptors (Lipinski definition) is 1. The number of para-hydroxylation sites is 2. The number of hydrogen-bond donors (Lipinski definition) is 0. The first-order valence-corrected chi connectivity index (χ1v) is 14.8. The fraction of sp³-hybridized carbons (Fsp3) is 0.0750. The first-order chi connectivity index (χ1) is 21.0. The molecule has 0 N–H and O–H groups in total. The third-order valence-electron chi connectivity index (χ3n) is 9.52. The van der Waals surface area contributed by atoms with E-state index >= 15 is 0 Å². The van der Waals surface area contributed by atoms with Gasteiger partial charge in [-0.3, -0.25) is 0 Å². The molecule has 9 rings (SSSR count). The van der Waals surface area contributed by atoms with Crippen LogP contribution in [-0.2, 0) is 5.41 Å².